The molecule has 0 atom stereocenters. The van der Waals surface area contributed by atoms with Crippen LogP contribution in [0.2, 0.25) is 0 Å². The number of ether oxygens (including phenoxy) is 2. The van der Waals surface area contributed by atoms with Gasteiger partial charge in [-0.15, -0.1) is 11.8 Å². The van der Waals surface area contributed by atoms with E-state index >= 15 is 0 Å². The molecule has 0 unspecified atom stereocenters. The minimum atomic E-state index is -4.50. The first-order chi connectivity index (χ1) is 18.2. The maximum Gasteiger partial charge on any atom is 0.416 e. The van der Waals surface area contributed by atoms with Crippen molar-refractivity contribution in [2.45, 2.75) is 29.9 Å². The van der Waals surface area contributed by atoms with Crippen LogP contribution >= 0.6 is 11.8 Å². The third-order valence-corrected chi connectivity index (χ3v) is 7.10. The number of thioether (sulfide) groups is 1. The first-order valence-electron chi connectivity index (χ1n) is 11.6. The van der Waals surface area contributed by atoms with Crippen LogP contribution in [0.5, 0.6) is 17.2 Å². The number of methoxy groups -OCH3 is 1. The van der Waals surface area contributed by atoms with Gasteiger partial charge < -0.3 is 9.47 Å². The van der Waals surface area contributed by atoms with E-state index in [2.05, 4.69) is 4.98 Å². The molecule has 0 N–H and O–H groups in total. The van der Waals surface area contributed by atoms with Crippen LogP contribution < -0.4 is 15.2 Å². The number of alkyl halides is 3. The highest BCUT2D eigenvalue weighted by Gasteiger charge is 2.30. The van der Waals surface area contributed by atoms with E-state index in [9.17, 15) is 23.2 Å². The standard InChI is InChI=1S/C28H20F3N3O3S/c1-36-21-6-7-23-18(12-21)9-10-34-24(23)14-26(33-27(34)35)38-16-17-5-8-25(19(11-17)15-32)37-22-4-2-3-20(13-22)28(29,30)31/h2-8,11-14H,9-10,16H2,1H3. The number of hydrogen-bond acceptors (Lipinski definition) is 6. The van der Waals surface area contributed by atoms with Gasteiger partial charge in [0.25, 0.3) is 0 Å². The van der Waals surface area contributed by atoms with Gasteiger partial charge in [0.2, 0.25) is 0 Å². The third-order valence-electron chi connectivity index (χ3n) is 6.12. The predicted octanol–water partition coefficient (Wildman–Crippen LogP) is 6.45. The Morgan fingerprint density at radius 3 is 2.68 bits per heavy atom. The van der Waals surface area contributed by atoms with E-state index in [0.29, 0.717) is 23.7 Å². The number of aromatic nitrogens is 2. The number of nitrogens with zero attached hydrogens (tertiary/aromatic N) is 3. The molecule has 0 fully saturated rings. The highest BCUT2D eigenvalue weighted by Crippen LogP contribution is 2.35. The average Bonchev–Trinajstić information content (AvgIpc) is 2.91. The summed E-state index contributed by atoms with van der Waals surface area (Å²) in [6.07, 6.45) is -3.79. The first-order valence-corrected chi connectivity index (χ1v) is 12.5. The number of aryl methyl sites for hydroxylation is 1. The second-order valence-electron chi connectivity index (χ2n) is 8.55. The van der Waals surface area contributed by atoms with Crippen LogP contribution in [-0.4, -0.2) is 16.7 Å². The lowest BCUT2D eigenvalue weighted by molar-refractivity contribution is -0.137. The molecule has 0 saturated carbocycles. The molecule has 10 heteroatoms. The third kappa shape index (κ3) is 5.24. The maximum absolute atomic E-state index is 13.0. The minimum Gasteiger partial charge on any atom is -0.497 e. The Balaban J connectivity index is 1.35. The van der Waals surface area contributed by atoms with Gasteiger partial charge in [-0.2, -0.15) is 23.4 Å². The van der Waals surface area contributed by atoms with Crippen molar-refractivity contribution in [3.05, 3.63) is 99.5 Å². The quantitative estimate of drug-likeness (QED) is 0.209. The molecular formula is C28H20F3N3O3S. The summed E-state index contributed by atoms with van der Waals surface area (Å²) in [6.45, 7) is 0.533. The summed E-state index contributed by atoms with van der Waals surface area (Å²) in [5.41, 5.74) is 2.64. The molecule has 192 valence electrons. The maximum atomic E-state index is 13.0. The number of nitriles is 1. The van der Waals surface area contributed by atoms with E-state index in [1.807, 2.05) is 30.3 Å². The molecule has 6 nitrogen and oxygen atoms in total. The second kappa shape index (κ2) is 10.3. The van der Waals surface area contributed by atoms with Crippen molar-refractivity contribution < 1.29 is 22.6 Å². The topological polar surface area (TPSA) is 77.1 Å². The van der Waals surface area contributed by atoms with Gasteiger partial charge in [0.05, 0.1) is 23.9 Å². The summed E-state index contributed by atoms with van der Waals surface area (Å²) in [7, 11) is 1.61. The molecule has 0 spiro atoms. The molecule has 5 rings (SSSR count). The van der Waals surface area contributed by atoms with E-state index in [4.69, 9.17) is 9.47 Å². The van der Waals surface area contributed by atoms with Crippen LogP contribution in [0.4, 0.5) is 13.2 Å². The Morgan fingerprint density at radius 1 is 1.08 bits per heavy atom. The number of halogens is 3. The SMILES string of the molecule is COc1ccc2c(c1)CCn1c-2cc(SCc2ccc(Oc3cccc(C(F)(F)F)c3)c(C#N)c2)nc1=O. The summed E-state index contributed by atoms with van der Waals surface area (Å²) in [4.78, 5) is 16.9. The molecule has 2 heterocycles. The lowest BCUT2D eigenvalue weighted by atomic mass is 9.97. The Hall–Kier alpha value is -4.23. The average molecular weight is 536 g/mol. The second-order valence-corrected chi connectivity index (χ2v) is 9.54. The zero-order valence-electron chi connectivity index (χ0n) is 20.1. The van der Waals surface area contributed by atoms with E-state index in [-0.39, 0.29) is 22.8 Å². The molecule has 1 aliphatic rings. The highest BCUT2D eigenvalue weighted by atomic mass is 32.2. The Bertz CT molecular complexity index is 1630. The Kier molecular flexibility index (Phi) is 6.87. The van der Waals surface area contributed by atoms with Crippen LogP contribution in [0.3, 0.4) is 0 Å². The summed E-state index contributed by atoms with van der Waals surface area (Å²) < 4.78 is 51.6. The van der Waals surface area contributed by atoms with Gasteiger partial charge in [0, 0.05) is 17.9 Å². The molecular weight excluding hydrogens is 515 g/mol. The minimum absolute atomic E-state index is 0.0184. The van der Waals surface area contributed by atoms with Crippen molar-refractivity contribution in [1.82, 2.24) is 9.55 Å². The largest absolute Gasteiger partial charge is 0.497 e. The van der Waals surface area contributed by atoms with Crippen molar-refractivity contribution in [2.24, 2.45) is 0 Å². The highest BCUT2D eigenvalue weighted by molar-refractivity contribution is 7.98. The lowest BCUT2D eigenvalue weighted by Crippen LogP contribution is -2.28. The van der Waals surface area contributed by atoms with Crippen molar-refractivity contribution in [1.29, 1.82) is 5.26 Å². The first kappa shape index (κ1) is 25.4. The number of rotatable bonds is 6. The predicted molar refractivity (Wildman–Crippen MR) is 136 cm³/mol. The zero-order valence-corrected chi connectivity index (χ0v) is 20.9. The van der Waals surface area contributed by atoms with Crippen molar-refractivity contribution >= 4 is 11.8 Å². The number of benzene rings is 3. The summed E-state index contributed by atoms with van der Waals surface area (Å²) in [6, 6.07) is 19.1. The fraction of sp³-hybridized carbons (Fsp3) is 0.179. The lowest BCUT2D eigenvalue weighted by Gasteiger charge is -2.22. The van der Waals surface area contributed by atoms with Gasteiger partial charge in [-0.05, 0) is 72.1 Å². The van der Waals surface area contributed by atoms with Gasteiger partial charge >= 0.3 is 11.9 Å². The van der Waals surface area contributed by atoms with Crippen molar-refractivity contribution in [3.63, 3.8) is 0 Å². The molecule has 38 heavy (non-hydrogen) atoms. The van der Waals surface area contributed by atoms with E-state index < -0.39 is 11.7 Å². The molecule has 3 aromatic carbocycles. The molecule has 4 aromatic rings. The molecule has 0 radical (unpaired) electrons. The Morgan fingerprint density at radius 2 is 1.92 bits per heavy atom. The van der Waals surface area contributed by atoms with Crippen LogP contribution in [-0.2, 0) is 24.9 Å². The molecule has 0 aliphatic carbocycles. The molecule has 0 saturated heterocycles. The molecule has 1 aromatic heterocycles. The smallest absolute Gasteiger partial charge is 0.416 e. The van der Waals surface area contributed by atoms with Crippen LogP contribution in [0.1, 0.15) is 22.3 Å². The molecule has 0 amide bonds. The number of fused-ring (bicyclic) bond motifs is 3. The van der Waals surface area contributed by atoms with Crippen molar-refractivity contribution in [3.8, 4) is 34.6 Å². The molecule has 0 bridgehead atoms. The van der Waals surface area contributed by atoms with Crippen molar-refractivity contribution in [2.75, 3.05) is 7.11 Å². The monoisotopic (exact) mass is 535 g/mol. The van der Waals surface area contributed by atoms with E-state index in [1.165, 1.54) is 23.9 Å². The van der Waals surface area contributed by atoms with Gasteiger partial charge in [-0.25, -0.2) is 4.79 Å². The summed E-state index contributed by atoms with van der Waals surface area (Å²) in [5.74, 6) is 1.31. The van der Waals surface area contributed by atoms with Crippen LogP contribution in [0.15, 0.2) is 76.6 Å². The van der Waals surface area contributed by atoms with Gasteiger partial charge in [-0.1, -0.05) is 12.1 Å². The normalized spacial score (nSPS) is 12.3. The van der Waals surface area contributed by atoms with Crippen LogP contribution in [0.25, 0.3) is 11.3 Å². The van der Waals surface area contributed by atoms with Gasteiger partial charge in [-0.3, -0.25) is 4.57 Å². The van der Waals surface area contributed by atoms with E-state index in [0.717, 1.165) is 40.3 Å². The van der Waals surface area contributed by atoms with Crippen LogP contribution in [0, 0.1) is 11.3 Å². The van der Waals surface area contributed by atoms with Gasteiger partial charge in [0.1, 0.15) is 28.3 Å². The van der Waals surface area contributed by atoms with E-state index in [1.54, 1.807) is 29.9 Å². The fourth-order valence-electron chi connectivity index (χ4n) is 4.25. The molecule has 1 aliphatic heterocycles. The zero-order chi connectivity index (χ0) is 26.9. The number of hydrogen-bond donors (Lipinski definition) is 0. The van der Waals surface area contributed by atoms with Gasteiger partial charge in [0.15, 0.2) is 0 Å². The summed E-state index contributed by atoms with van der Waals surface area (Å²) >= 11 is 1.35. The Labute approximate surface area is 220 Å². The fourth-order valence-corrected chi connectivity index (χ4v) is 5.08. The summed E-state index contributed by atoms with van der Waals surface area (Å²) in [5, 5.41) is 10.2.